The Balaban J connectivity index is 3.12. The van der Waals surface area contributed by atoms with Crippen molar-refractivity contribution < 1.29 is 9.90 Å². The van der Waals surface area contributed by atoms with Crippen LogP contribution in [0, 0.1) is 0 Å². The van der Waals surface area contributed by atoms with Crippen molar-refractivity contribution in [2.24, 2.45) is 0 Å². The second-order valence-corrected chi connectivity index (χ2v) is 2.58. The highest BCUT2D eigenvalue weighted by Crippen LogP contribution is 2.08. The Kier molecular flexibility index (Phi) is 2.38. The normalized spacial score (nSPS) is 9.42. The average molecular weight is 163 g/mol. The molecule has 1 aromatic rings. The average Bonchev–Trinajstić information content (AvgIpc) is 2.03. The molecule has 62 valence electrons. The molecule has 0 fully saturated rings. The molecule has 1 aromatic carbocycles. The SMILES string of the molecule is CBc1ccc(C(=O)O)c(N)c1. The summed E-state index contributed by atoms with van der Waals surface area (Å²) in [6, 6.07) is 5.01. The van der Waals surface area contributed by atoms with Crippen LogP contribution >= 0.6 is 0 Å². The van der Waals surface area contributed by atoms with E-state index in [2.05, 4.69) is 0 Å². The van der Waals surface area contributed by atoms with Gasteiger partial charge >= 0.3 is 5.97 Å². The van der Waals surface area contributed by atoms with Crippen molar-refractivity contribution in [1.82, 2.24) is 0 Å². The molecule has 0 bridgehead atoms. The molecule has 0 aliphatic rings. The first kappa shape index (κ1) is 8.65. The van der Waals surface area contributed by atoms with Crippen molar-refractivity contribution in [3.05, 3.63) is 23.8 Å². The fourth-order valence-electron chi connectivity index (χ4n) is 1.03. The highest BCUT2D eigenvalue weighted by atomic mass is 16.4. The molecule has 0 heterocycles. The van der Waals surface area contributed by atoms with Crippen LogP contribution in [-0.4, -0.2) is 18.4 Å². The van der Waals surface area contributed by atoms with E-state index in [0.717, 1.165) is 12.7 Å². The van der Waals surface area contributed by atoms with Gasteiger partial charge in [-0.1, -0.05) is 18.4 Å². The number of rotatable bonds is 2. The molecule has 0 amide bonds. The van der Waals surface area contributed by atoms with E-state index in [4.69, 9.17) is 10.8 Å². The van der Waals surface area contributed by atoms with Gasteiger partial charge in [-0.3, -0.25) is 0 Å². The summed E-state index contributed by atoms with van der Waals surface area (Å²) in [5.74, 6) is -0.977. The number of hydrogen-bond acceptors (Lipinski definition) is 2. The Hall–Kier alpha value is -1.45. The molecule has 0 saturated heterocycles. The lowest BCUT2D eigenvalue weighted by Crippen LogP contribution is -2.13. The van der Waals surface area contributed by atoms with Crippen molar-refractivity contribution in [3.8, 4) is 0 Å². The van der Waals surface area contributed by atoms with Crippen LogP contribution in [0.4, 0.5) is 5.69 Å². The highest BCUT2D eigenvalue weighted by Gasteiger charge is 2.06. The van der Waals surface area contributed by atoms with Crippen molar-refractivity contribution in [1.29, 1.82) is 0 Å². The number of nitrogens with two attached hydrogens (primary N) is 1. The van der Waals surface area contributed by atoms with Crippen LogP contribution in [0.25, 0.3) is 0 Å². The fourth-order valence-corrected chi connectivity index (χ4v) is 1.03. The van der Waals surface area contributed by atoms with Crippen LogP contribution in [0.15, 0.2) is 18.2 Å². The molecular weight excluding hydrogens is 153 g/mol. The van der Waals surface area contributed by atoms with E-state index in [1.165, 1.54) is 6.07 Å². The third-order valence-electron chi connectivity index (χ3n) is 1.75. The second kappa shape index (κ2) is 3.30. The molecule has 1 rings (SSSR count). The van der Waals surface area contributed by atoms with E-state index in [9.17, 15) is 4.79 Å². The molecule has 12 heavy (non-hydrogen) atoms. The van der Waals surface area contributed by atoms with Gasteiger partial charge in [0.1, 0.15) is 0 Å². The quantitative estimate of drug-likeness (QED) is 0.479. The Morgan fingerprint density at radius 3 is 2.67 bits per heavy atom. The summed E-state index contributed by atoms with van der Waals surface area (Å²) in [6.07, 6.45) is 0. The molecule has 4 heteroatoms. The lowest BCUT2D eigenvalue weighted by molar-refractivity contribution is 0.0698. The van der Waals surface area contributed by atoms with Crippen LogP contribution in [-0.2, 0) is 0 Å². The van der Waals surface area contributed by atoms with Crippen molar-refractivity contribution >= 4 is 24.4 Å². The molecular formula is C8H10BNO2. The van der Waals surface area contributed by atoms with Gasteiger partial charge < -0.3 is 10.8 Å². The maximum atomic E-state index is 10.5. The van der Waals surface area contributed by atoms with Gasteiger partial charge in [0.05, 0.1) is 5.56 Å². The summed E-state index contributed by atoms with van der Waals surface area (Å²) in [5, 5.41) is 8.65. The monoisotopic (exact) mass is 163 g/mol. The van der Waals surface area contributed by atoms with Gasteiger partial charge in [-0.05, 0) is 12.1 Å². The van der Waals surface area contributed by atoms with E-state index in [-0.39, 0.29) is 5.56 Å². The summed E-state index contributed by atoms with van der Waals surface area (Å²) in [7, 11) is 0.865. The smallest absolute Gasteiger partial charge is 0.337 e. The van der Waals surface area contributed by atoms with Gasteiger partial charge in [0.25, 0.3) is 0 Å². The maximum absolute atomic E-state index is 10.5. The van der Waals surface area contributed by atoms with Crippen molar-refractivity contribution in [2.75, 3.05) is 5.73 Å². The number of carboxylic acid groups (broad SMARTS) is 1. The first-order valence-corrected chi connectivity index (χ1v) is 3.77. The standard InChI is InChI=1S/C8H10BNO2/c1-9-5-2-3-6(8(11)12)7(10)4-5/h2-4,9H,10H2,1H3,(H,11,12). The van der Waals surface area contributed by atoms with Gasteiger partial charge in [0.2, 0.25) is 0 Å². The maximum Gasteiger partial charge on any atom is 0.337 e. The minimum absolute atomic E-state index is 0.173. The highest BCUT2D eigenvalue weighted by molar-refractivity contribution is 6.52. The summed E-state index contributed by atoms with van der Waals surface area (Å²) in [5.41, 5.74) is 7.08. The van der Waals surface area contributed by atoms with Crippen molar-refractivity contribution in [3.63, 3.8) is 0 Å². The molecule has 0 aliphatic heterocycles. The van der Waals surface area contributed by atoms with Gasteiger partial charge in [-0.25, -0.2) is 4.79 Å². The summed E-state index contributed by atoms with van der Waals surface area (Å²) in [4.78, 5) is 10.5. The van der Waals surface area contributed by atoms with Crippen LogP contribution in [0.3, 0.4) is 0 Å². The van der Waals surface area contributed by atoms with Gasteiger partial charge in [-0.2, -0.15) is 0 Å². The second-order valence-electron chi connectivity index (χ2n) is 2.58. The van der Waals surface area contributed by atoms with Gasteiger partial charge in [0.15, 0.2) is 7.28 Å². The molecule has 0 radical (unpaired) electrons. The number of carbonyl (C=O) groups is 1. The topological polar surface area (TPSA) is 63.3 Å². The minimum atomic E-state index is -0.977. The number of aromatic carboxylic acids is 1. The number of benzene rings is 1. The largest absolute Gasteiger partial charge is 0.478 e. The van der Waals surface area contributed by atoms with E-state index in [0.29, 0.717) is 5.69 Å². The number of carboxylic acids is 1. The Labute approximate surface area is 71.4 Å². The Bertz CT molecular complexity index is 312. The molecule has 3 nitrogen and oxygen atoms in total. The fraction of sp³-hybridized carbons (Fsp3) is 0.125. The predicted molar refractivity (Wildman–Crippen MR) is 50.5 cm³/mol. The third kappa shape index (κ3) is 1.58. The van der Waals surface area contributed by atoms with E-state index < -0.39 is 5.97 Å². The van der Waals surface area contributed by atoms with E-state index in [1.807, 2.05) is 6.82 Å². The predicted octanol–water partition coefficient (Wildman–Crippen LogP) is 0.0769. The number of hydrogen-bond donors (Lipinski definition) is 2. The van der Waals surface area contributed by atoms with E-state index >= 15 is 0 Å². The molecule has 0 spiro atoms. The minimum Gasteiger partial charge on any atom is -0.478 e. The van der Waals surface area contributed by atoms with Crippen LogP contribution in [0.5, 0.6) is 0 Å². The van der Waals surface area contributed by atoms with Gasteiger partial charge in [0, 0.05) is 5.69 Å². The molecule has 3 N–H and O–H groups in total. The third-order valence-corrected chi connectivity index (χ3v) is 1.75. The van der Waals surface area contributed by atoms with Crippen LogP contribution in [0.2, 0.25) is 6.82 Å². The first-order valence-electron chi connectivity index (χ1n) is 3.77. The lowest BCUT2D eigenvalue weighted by atomic mass is 9.73. The molecule has 0 aliphatic carbocycles. The first-order chi connectivity index (χ1) is 5.65. The molecule has 0 saturated carbocycles. The van der Waals surface area contributed by atoms with Gasteiger partial charge in [-0.15, -0.1) is 0 Å². The Morgan fingerprint density at radius 1 is 1.58 bits per heavy atom. The summed E-state index contributed by atoms with van der Waals surface area (Å²) < 4.78 is 0. The molecule has 0 unspecified atom stereocenters. The zero-order chi connectivity index (χ0) is 9.14. The lowest BCUT2D eigenvalue weighted by Gasteiger charge is -2.01. The van der Waals surface area contributed by atoms with Crippen molar-refractivity contribution in [2.45, 2.75) is 6.82 Å². The Morgan fingerprint density at radius 2 is 2.25 bits per heavy atom. The molecule has 0 atom stereocenters. The van der Waals surface area contributed by atoms with Crippen LogP contribution in [0.1, 0.15) is 10.4 Å². The zero-order valence-electron chi connectivity index (χ0n) is 6.87. The summed E-state index contributed by atoms with van der Waals surface area (Å²) >= 11 is 0. The number of anilines is 1. The van der Waals surface area contributed by atoms with E-state index in [1.54, 1.807) is 12.1 Å². The summed E-state index contributed by atoms with van der Waals surface area (Å²) in [6.45, 7) is 2.00. The molecule has 0 aromatic heterocycles. The van der Waals surface area contributed by atoms with Crippen LogP contribution < -0.4 is 11.2 Å². The zero-order valence-corrected chi connectivity index (χ0v) is 6.87. The number of nitrogen functional groups attached to an aromatic ring is 1.